The van der Waals surface area contributed by atoms with Crippen molar-refractivity contribution in [3.05, 3.63) is 83.1 Å². The predicted molar refractivity (Wildman–Crippen MR) is 129 cm³/mol. The molecule has 1 fully saturated rings. The summed E-state index contributed by atoms with van der Waals surface area (Å²) in [5.41, 5.74) is 1.94. The SMILES string of the molecule is O=C(Nc1ccc(F)cc1)Nc1nc(C(=O)N2CCN(C/C=C/c3ccccc3)CC2)cs1. The molecule has 3 amide bonds. The van der Waals surface area contributed by atoms with E-state index in [9.17, 15) is 14.0 Å². The van der Waals surface area contributed by atoms with Crippen LogP contribution in [0.15, 0.2) is 66.1 Å². The van der Waals surface area contributed by atoms with Crippen LogP contribution in [0.1, 0.15) is 16.1 Å². The highest BCUT2D eigenvalue weighted by atomic mass is 32.1. The summed E-state index contributed by atoms with van der Waals surface area (Å²) >= 11 is 1.18. The molecule has 2 aromatic carbocycles. The number of aromatic nitrogens is 1. The van der Waals surface area contributed by atoms with Crippen molar-refractivity contribution in [2.24, 2.45) is 0 Å². The highest BCUT2D eigenvalue weighted by Gasteiger charge is 2.23. The maximum atomic E-state index is 13.0. The number of halogens is 1. The lowest BCUT2D eigenvalue weighted by atomic mass is 10.2. The Kier molecular flexibility index (Phi) is 7.43. The van der Waals surface area contributed by atoms with Gasteiger partial charge in [0, 0.05) is 43.8 Å². The largest absolute Gasteiger partial charge is 0.335 e. The highest BCUT2D eigenvalue weighted by molar-refractivity contribution is 7.14. The minimum Gasteiger partial charge on any atom is -0.335 e. The molecule has 0 radical (unpaired) electrons. The molecular formula is C24H24FN5O2S. The molecule has 0 aliphatic carbocycles. The maximum absolute atomic E-state index is 13.0. The van der Waals surface area contributed by atoms with Crippen LogP contribution in [-0.2, 0) is 0 Å². The number of rotatable bonds is 6. The lowest BCUT2D eigenvalue weighted by Gasteiger charge is -2.33. The van der Waals surface area contributed by atoms with Crippen molar-refractivity contribution in [3.8, 4) is 0 Å². The average molecular weight is 466 g/mol. The van der Waals surface area contributed by atoms with Crippen molar-refractivity contribution in [2.75, 3.05) is 43.4 Å². The quantitative estimate of drug-likeness (QED) is 0.566. The van der Waals surface area contributed by atoms with Crippen LogP contribution in [0.4, 0.5) is 20.0 Å². The first-order valence-electron chi connectivity index (χ1n) is 10.6. The van der Waals surface area contributed by atoms with Gasteiger partial charge in [0.25, 0.3) is 5.91 Å². The second-order valence-electron chi connectivity index (χ2n) is 7.53. The summed E-state index contributed by atoms with van der Waals surface area (Å²) in [5.74, 6) is -0.522. The lowest BCUT2D eigenvalue weighted by molar-refractivity contribution is 0.0645. The van der Waals surface area contributed by atoms with Crippen molar-refractivity contribution in [1.29, 1.82) is 0 Å². The number of piperazine rings is 1. The molecule has 0 atom stereocenters. The van der Waals surface area contributed by atoms with E-state index in [1.807, 2.05) is 18.2 Å². The number of urea groups is 1. The van der Waals surface area contributed by atoms with E-state index in [4.69, 9.17) is 0 Å². The fourth-order valence-electron chi connectivity index (χ4n) is 3.42. The molecule has 0 spiro atoms. The number of benzene rings is 2. The molecule has 1 aliphatic heterocycles. The number of nitrogens with zero attached hydrogens (tertiary/aromatic N) is 3. The first-order valence-corrected chi connectivity index (χ1v) is 11.5. The fraction of sp³-hybridized carbons (Fsp3) is 0.208. The Labute approximate surface area is 195 Å². The molecule has 0 bridgehead atoms. The predicted octanol–water partition coefficient (Wildman–Crippen LogP) is 4.40. The summed E-state index contributed by atoms with van der Waals surface area (Å²) in [4.78, 5) is 33.2. The third-order valence-electron chi connectivity index (χ3n) is 5.18. The van der Waals surface area contributed by atoms with Crippen LogP contribution in [0.2, 0.25) is 0 Å². The number of carbonyl (C=O) groups excluding carboxylic acids is 2. The van der Waals surface area contributed by atoms with Crippen molar-refractivity contribution in [1.82, 2.24) is 14.8 Å². The van der Waals surface area contributed by atoms with Crippen LogP contribution < -0.4 is 10.6 Å². The van der Waals surface area contributed by atoms with E-state index in [1.54, 1.807) is 10.3 Å². The monoisotopic (exact) mass is 465 g/mol. The summed E-state index contributed by atoms with van der Waals surface area (Å²) in [6.07, 6.45) is 4.25. The molecule has 1 aliphatic rings. The standard InChI is InChI=1S/C24H24FN5O2S/c25-19-8-10-20(11-9-19)26-23(32)28-24-27-21(17-33-24)22(31)30-15-13-29(14-16-30)12-4-7-18-5-2-1-3-6-18/h1-11,17H,12-16H2,(H2,26,27,28,32)/b7-4+. The van der Waals surface area contributed by atoms with Crippen LogP contribution in [0.5, 0.6) is 0 Å². The van der Waals surface area contributed by atoms with Gasteiger partial charge < -0.3 is 10.2 Å². The van der Waals surface area contributed by atoms with Gasteiger partial charge in [0.05, 0.1) is 0 Å². The topological polar surface area (TPSA) is 77.6 Å². The summed E-state index contributed by atoms with van der Waals surface area (Å²) in [6.45, 7) is 3.68. The van der Waals surface area contributed by atoms with Gasteiger partial charge in [0.15, 0.2) is 5.13 Å². The number of carbonyl (C=O) groups is 2. The van der Waals surface area contributed by atoms with Crippen molar-refractivity contribution >= 4 is 40.2 Å². The Morgan fingerprint density at radius 2 is 1.73 bits per heavy atom. The van der Waals surface area contributed by atoms with Gasteiger partial charge in [-0.25, -0.2) is 14.2 Å². The van der Waals surface area contributed by atoms with Crippen molar-refractivity contribution in [3.63, 3.8) is 0 Å². The lowest BCUT2D eigenvalue weighted by Crippen LogP contribution is -2.48. The molecule has 0 saturated carbocycles. The number of anilines is 2. The maximum Gasteiger partial charge on any atom is 0.325 e. The molecule has 2 heterocycles. The first kappa shape index (κ1) is 22.6. The zero-order chi connectivity index (χ0) is 23.0. The molecule has 1 saturated heterocycles. The molecule has 170 valence electrons. The summed E-state index contributed by atoms with van der Waals surface area (Å²) in [6, 6.07) is 15.1. The number of nitrogens with one attached hydrogen (secondary N) is 2. The number of hydrogen-bond donors (Lipinski definition) is 2. The fourth-order valence-corrected chi connectivity index (χ4v) is 4.10. The number of thiazole rings is 1. The molecule has 1 aromatic heterocycles. The van der Waals surface area contributed by atoms with Gasteiger partial charge in [-0.05, 0) is 29.8 Å². The molecule has 7 nitrogen and oxygen atoms in total. The van der Waals surface area contributed by atoms with Crippen LogP contribution in [-0.4, -0.2) is 59.4 Å². The smallest absolute Gasteiger partial charge is 0.325 e. The van der Waals surface area contributed by atoms with Gasteiger partial charge in [-0.15, -0.1) is 11.3 Å². The van der Waals surface area contributed by atoms with E-state index in [2.05, 4.69) is 44.8 Å². The third-order valence-corrected chi connectivity index (χ3v) is 5.94. The van der Waals surface area contributed by atoms with E-state index < -0.39 is 6.03 Å². The van der Waals surface area contributed by atoms with E-state index in [-0.39, 0.29) is 11.7 Å². The summed E-state index contributed by atoms with van der Waals surface area (Å²) in [5, 5.41) is 7.16. The van der Waals surface area contributed by atoms with Crippen molar-refractivity contribution < 1.29 is 14.0 Å². The Morgan fingerprint density at radius 1 is 1.00 bits per heavy atom. The van der Waals surface area contributed by atoms with Crippen LogP contribution in [0, 0.1) is 5.82 Å². The Morgan fingerprint density at radius 3 is 2.45 bits per heavy atom. The molecule has 3 aromatic rings. The number of amides is 3. The van der Waals surface area contributed by atoms with Gasteiger partial charge in [-0.3, -0.25) is 15.0 Å². The van der Waals surface area contributed by atoms with Gasteiger partial charge in [0.1, 0.15) is 11.5 Å². The van der Waals surface area contributed by atoms with E-state index in [0.717, 1.165) is 19.6 Å². The Bertz CT molecular complexity index is 1110. The summed E-state index contributed by atoms with van der Waals surface area (Å²) < 4.78 is 13.0. The van der Waals surface area contributed by atoms with Crippen LogP contribution in [0.25, 0.3) is 6.08 Å². The van der Waals surface area contributed by atoms with Gasteiger partial charge in [-0.2, -0.15) is 0 Å². The molecular weight excluding hydrogens is 441 g/mol. The van der Waals surface area contributed by atoms with Gasteiger partial charge in [-0.1, -0.05) is 42.5 Å². The van der Waals surface area contributed by atoms with Gasteiger partial charge >= 0.3 is 6.03 Å². The minimum atomic E-state index is -0.507. The molecule has 9 heteroatoms. The molecule has 4 rings (SSSR count). The second kappa shape index (κ2) is 10.8. The molecule has 2 N–H and O–H groups in total. The Hall–Kier alpha value is -3.56. The molecule has 33 heavy (non-hydrogen) atoms. The van der Waals surface area contributed by atoms with E-state index in [0.29, 0.717) is 29.6 Å². The molecule has 0 unspecified atom stereocenters. The first-order chi connectivity index (χ1) is 16.1. The number of hydrogen-bond acceptors (Lipinski definition) is 5. The minimum absolute atomic E-state index is 0.141. The van der Waals surface area contributed by atoms with E-state index in [1.165, 1.54) is 41.2 Å². The zero-order valence-electron chi connectivity index (χ0n) is 17.9. The third kappa shape index (κ3) is 6.47. The van der Waals surface area contributed by atoms with Gasteiger partial charge in [0.2, 0.25) is 0 Å². The van der Waals surface area contributed by atoms with Crippen LogP contribution in [0.3, 0.4) is 0 Å². The zero-order valence-corrected chi connectivity index (χ0v) is 18.7. The normalized spacial score (nSPS) is 14.4. The highest BCUT2D eigenvalue weighted by Crippen LogP contribution is 2.18. The Balaban J connectivity index is 1.23. The van der Waals surface area contributed by atoms with Crippen LogP contribution >= 0.6 is 11.3 Å². The average Bonchev–Trinajstić information content (AvgIpc) is 3.29. The second-order valence-corrected chi connectivity index (χ2v) is 8.39. The van der Waals surface area contributed by atoms with E-state index >= 15 is 0 Å². The van der Waals surface area contributed by atoms with Crippen molar-refractivity contribution in [2.45, 2.75) is 0 Å². The summed E-state index contributed by atoms with van der Waals surface area (Å²) in [7, 11) is 0.